The van der Waals surface area contributed by atoms with Crippen LogP contribution in [0.5, 0.6) is 0 Å². The number of benzene rings is 1. The van der Waals surface area contributed by atoms with Gasteiger partial charge in [0.15, 0.2) is 0 Å². The first-order chi connectivity index (χ1) is 15.6. The van der Waals surface area contributed by atoms with Crippen molar-refractivity contribution in [2.45, 2.75) is 53.0 Å². The zero-order valence-electron chi connectivity index (χ0n) is 19.8. The summed E-state index contributed by atoms with van der Waals surface area (Å²) >= 11 is 3.41. The highest BCUT2D eigenvalue weighted by atomic mass is 79.9. The zero-order chi connectivity index (χ0) is 25.1. The largest absolute Gasteiger partial charge is 0.464 e. The van der Waals surface area contributed by atoms with Crippen molar-refractivity contribution < 1.29 is 37.5 Å². The molecule has 0 spiro atoms. The SMILES string of the molecule is CCOC(=O)C(Cc1cc(Br)ccc1CCP(=O)(OCC)OCC)(NC(C)=O)C(=O)OCC. The van der Waals surface area contributed by atoms with Crippen molar-refractivity contribution in [2.24, 2.45) is 0 Å². The van der Waals surface area contributed by atoms with Gasteiger partial charge < -0.3 is 23.8 Å². The van der Waals surface area contributed by atoms with Crippen LogP contribution < -0.4 is 5.32 Å². The van der Waals surface area contributed by atoms with Crippen LogP contribution in [0.4, 0.5) is 0 Å². The van der Waals surface area contributed by atoms with Crippen LogP contribution in [-0.2, 0) is 50.3 Å². The predicted molar refractivity (Wildman–Crippen MR) is 127 cm³/mol. The number of carbonyl (C=O) groups is 3. The lowest BCUT2D eigenvalue weighted by Gasteiger charge is -2.30. The third-order valence-electron chi connectivity index (χ3n) is 4.57. The maximum absolute atomic E-state index is 13.0. The molecule has 1 amide bonds. The van der Waals surface area contributed by atoms with Gasteiger partial charge in [-0.25, -0.2) is 9.59 Å². The van der Waals surface area contributed by atoms with Gasteiger partial charge in [-0.1, -0.05) is 22.0 Å². The van der Waals surface area contributed by atoms with Crippen molar-refractivity contribution in [3.05, 3.63) is 33.8 Å². The standard InChI is InChI=1S/C22H33BrNO8P/c1-6-29-20(26)22(24-16(5)25,21(27)30-7-2)15-18-14-19(23)11-10-17(18)12-13-33(28,31-8-3)32-9-4/h10-11,14H,6-9,12-13,15H2,1-5H3,(H,24,25). The molecule has 0 aromatic heterocycles. The van der Waals surface area contributed by atoms with Gasteiger partial charge in [-0.15, -0.1) is 0 Å². The lowest BCUT2D eigenvalue weighted by Crippen LogP contribution is -2.62. The number of aryl methyl sites for hydroxylation is 1. The minimum Gasteiger partial charge on any atom is -0.464 e. The molecule has 0 aliphatic carbocycles. The van der Waals surface area contributed by atoms with Crippen molar-refractivity contribution in [3.8, 4) is 0 Å². The number of esters is 2. The molecule has 1 aromatic carbocycles. The van der Waals surface area contributed by atoms with Crippen LogP contribution in [0.2, 0.25) is 0 Å². The van der Waals surface area contributed by atoms with Crippen molar-refractivity contribution in [1.82, 2.24) is 5.32 Å². The Balaban J connectivity index is 3.46. The molecule has 33 heavy (non-hydrogen) atoms. The summed E-state index contributed by atoms with van der Waals surface area (Å²) in [5.74, 6) is -2.43. The molecule has 1 aromatic rings. The number of carbonyl (C=O) groups excluding carboxylic acids is 3. The van der Waals surface area contributed by atoms with Crippen LogP contribution in [0.1, 0.15) is 45.7 Å². The lowest BCUT2D eigenvalue weighted by molar-refractivity contribution is -0.168. The van der Waals surface area contributed by atoms with E-state index in [1.165, 1.54) is 6.92 Å². The number of amides is 1. The first kappa shape index (κ1) is 29.3. The van der Waals surface area contributed by atoms with Crippen LogP contribution in [-0.4, -0.2) is 56.0 Å². The van der Waals surface area contributed by atoms with Gasteiger partial charge in [0.05, 0.1) is 32.6 Å². The Morgan fingerprint density at radius 3 is 1.94 bits per heavy atom. The van der Waals surface area contributed by atoms with Crippen LogP contribution in [0.15, 0.2) is 22.7 Å². The molecule has 1 rings (SSSR count). The van der Waals surface area contributed by atoms with Gasteiger partial charge in [0.1, 0.15) is 0 Å². The third-order valence-corrected chi connectivity index (χ3v) is 7.14. The van der Waals surface area contributed by atoms with E-state index in [2.05, 4.69) is 21.2 Å². The molecular formula is C22H33BrNO8P. The van der Waals surface area contributed by atoms with E-state index in [1.54, 1.807) is 45.9 Å². The molecule has 0 radical (unpaired) electrons. The van der Waals surface area contributed by atoms with E-state index in [-0.39, 0.29) is 39.0 Å². The normalized spacial score (nSPS) is 11.7. The summed E-state index contributed by atoms with van der Waals surface area (Å²) in [6, 6.07) is 5.31. The van der Waals surface area contributed by atoms with Crippen LogP contribution >= 0.6 is 23.5 Å². The molecule has 0 unspecified atom stereocenters. The Hall–Kier alpha value is -1.74. The Labute approximate surface area is 203 Å². The van der Waals surface area contributed by atoms with E-state index in [4.69, 9.17) is 18.5 Å². The lowest BCUT2D eigenvalue weighted by atomic mass is 9.87. The second kappa shape index (κ2) is 13.8. The average molecular weight is 550 g/mol. The van der Waals surface area contributed by atoms with Crippen molar-refractivity contribution in [2.75, 3.05) is 32.6 Å². The van der Waals surface area contributed by atoms with Gasteiger partial charge in [-0.2, -0.15) is 0 Å². The highest BCUT2D eigenvalue weighted by molar-refractivity contribution is 9.10. The van der Waals surface area contributed by atoms with Crippen LogP contribution in [0.3, 0.4) is 0 Å². The third kappa shape index (κ3) is 8.52. The Bertz CT molecular complexity index is 848. The fraction of sp³-hybridized carbons (Fsp3) is 0.591. The summed E-state index contributed by atoms with van der Waals surface area (Å²) in [5, 5.41) is 2.46. The molecule has 0 bridgehead atoms. The second-order valence-electron chi connectivity index (χ2n) is 7.04. The molecule has 9 nitrogen and oxygen atoms in total. The Morgan fingerprint density at radius 2 is 1.48 bits per heavy atom. The number of ether oxygens (including phenoxy) is 2. The minimum atomic E-state index is -3.31. The maximum Gasteiger partial charge on any atom is 0.344 e. The topological polar surface area (TPSA) is 117 Å². The quantitative estimate of drug-likeness (QED) is 0.211. The molecule has 0 atom stereocenters. The molecule has 0 aliphatic rings. The number of hydrogen-bond donors (Lipinski definition) is 1. The zero-order valence-corrected chi connectivity index (χ0v) is 22.3. The summed E-state index contributed by atoms with van der Waals surface area (Å²) in [7, 11) is -3.31. The summed E-state index contributed by atoms with van der Waals surface area (Å²) in [4.78, 5) is 38.0. The van der Waals surface area contributed by atoms with E-state index in [9.17, 15) is 18.9 Å². The van der Waals surface area contributed by atoms with Crippen molar-refractivity contribution >= 4 is 41.4 Å². The smallest absolute Gasteiger partial charge is 0.344 e. The van der Waals surface area contributed by atoms with Gasteiger partial charge in [0.2, 0.25) is 11.4 Å². The fourth-order valence-electron chi connectivity index (χ4n) is 3.29. The van der Waals surface area contributed by atoms with Crippen LogP contribution in [0.25, 0.3) is 0 Å². The van der Waals surface area contributed by atoms with E-state index in [0.29, 0.717) is 22.0 Å². The highest BCUT2D eigenvalue weighted by Gasteiger charge is 2.50. The monoisotopic (exact) mass is 549 g/mol. The molecule has 0 fully saturated rings. The highest BCUT2D eigenvalue weighted by Crippen LogP contribution is 2.48. The number of halogens is 1. The van der Waals surface area contributed by atoms with Gasteiger partial charge in [0.25, 0.3) is 0 Å². The summed E-state index contributed by atoms with van der Waals surface area (Å²) in [6.07, 6.45) is 0.184. The molecule has 186 valence electrons. The van der Waals surface area contributed by atoms with Crippen molar-refractivity contribution in [3.63, 3.8) is 0 Å². The maximum atomic E-state index is 13.0. The average Bonchev–Trinajstić information content (AvgIpc) is 2.73. The fourth-order valence-corrected chi connectivity index (χ4v) is 5.33. The number of rotatable bonds is 14. The Morgan fingerprint density at radius 1 is 0.939 bits per heavy atom. The first-order valence-electron chi connectivity index (χ1n) is 10.9. The van der Waals surface area contributed by atoms with Gasteiger partial charge in [0, 0.05) is 17.8 Å². The van der Waals surface area contributed by atoms with Gasteiger partial charge in [-0.3, -0.25) is 9.36 Å². The van der Waals surface area contributed by atoms with Crippen LogP contribution in [0, 0.1) is 0 Å². The molecule has 0 saturated heterocycles. The van der Waals surface area contributed by atoms with E-state index < -0.39 is 31.0 Å². The minimum absolute atomic E-state index is 0.0107. The Kier molecular flexibility index (Phi) is 12.3. The van der Waals surface area contributed by atoms with E-state index >= 15 is 0 Å². The van der Waals surface area contributed by atoms with Gasteiger partial charge >= 0.3 is 19.5 Å². The predicted octanol–water partition coefficient (Wildman–Crippen LogP) is 3.80. The molecule has 0 saturated carbocycles. The number of nitrogens with one attached hydrogen (secondary N) is 1. The molecular weight excluding hydrogens is 517 g/mol. The summed E-state index contributed by atoms with van der Waals surface area (Å²) in [5.41, 5.74) is -0.795. The molecule has 11 heteroatoms. The first-order valence-corrected chi connectivity index (χ1v) is 13.4. The van der Waals surface area contributed by atoms with E-state index in [1.807, 2.05) is 0 Å². The molecule has 0 heterocycles. The second-order valence-corrected chi connectivity index (χ2v) is 10.1. The summed E-state index contributed by atoms with van der Waals surface area (Å²) in [6.45, 7) is 8.37. The van der Waals surface area contributed by atoms with Gasteiger partial charge in [-0.05, 0) is 57.4 Å². The van der Waals surface area contributed by atoms with E-state index in [0.717, 1.165) is 0 Å². The summed E-state index contributed by atoms with van der Waals surface area (Å²) < 4.78 is 34.6. The van der Waals surface area contributed by atoms with Crippen molar-refractivity contribution in [1.29, 1.82) is 0 Å². The number of hydrogen-bond acceptors (Lipinski definition) is 8. The molecule has 0 aliphatic heterocycles. The molecule has 1 N–H and O–H groups in total.